The van der Waals surface area contributed by atoms with Crippen molar-refractivity contribution in [1.29, 1.82) is 0 Å². The summed E-state index contributed by atoms with van der Waals surface area (Å²) in [6.07, 6.45) is 6.13. The lowest BCUT2D eigenvalue weighted by molar-refractivity contribution is 0.243. The summed E-state index contributed by atoms with van der Waals surface area (Å²) in [5, 5.41) is 3.37. The van der Waals surface area contributed by atoms with Crippen molar-refractivity contribution in [2.24, 2.45) is 0 Å². The minimum Gasteiger partial charge on any atom is -0.489 e. The molecule has 0 radical (unpaired) electrons. The molecular weight excluding hydrogens is 248 g/mol. The smallest absolute Gasteiger partial charge is 0.143 e. The first-order chi connectivity index (χ1) is 9.65. The first-order valence-electron chi connectivity index (χ1n) is 7.65. The Morgan fingerprint density at radius 3 is 2.70 bits per heavy atom. The first-order valence-corrected chi connectivity index (χ1v) is 7.65. The molecule has 0 saturated heterocycles. The predicted molar refractivity (Wildman–Crippen MR) is 84.1 cm³/mol. The van der Waals surface area contributed by atoms with Crippen LogP contribution < -0.4 is 15.8 Å². The number of nitrogen functional groups attached to an aromatic ring is 1. The Kier molecular flexibility index (Phi) is 3.70. The summed E-state index contributed by atoms with van der Waals surface area (Å²) >= 11 is 0. The lowest BCUT2D eigenvalue weighted by Gasteiger charge is -2.21. The molecule has 0 aromatic heterocycles. The van der Waals surface area contributed by atoms with Crippen LogP contribution in [0.4, 0.5) is 5.69 Å². The second-order valence-corrected chi connectivity index (χ2v) is 6.10. The van der Waals surface area contributed by atoms with Crippen LogP contribution in [0, 0.1) is 0 Å². The molecule has 20 heavy (non-hydrogen) atoms. The average Bonchev–Trinajstić information content (AvgIpc) is 3.25. The second kappa shape index (κ2) is 5.49. The van der Waals surface area contributed by atoms with E-state index in [2.05, 4.69) is 23.5 Å². The van der Waals surface area contributed by atoms with E-state index in [9.17, 15) is 0 Å². The number of anilines is 1. The maximum Gasteiger partial charge on any atom is 0.143 e. The van der Waals surface area contributed by atoms with Gasteiger partial charge in [-0.2, -0.15) is 0 Å². The largest absolute Gasteiger partial charge is 0.489 e. The fourth-order valence-corrected chi connectivity index (χ4v) is 2.85. The summed E-state index contributed by atoms with van der Waals surface area (Å²) in [5.41, 5.74) is 11.2. The van der Waals surface area contributed by atoms with Crippen molar-refractivity contribution in [1.82, 2.24) is 5.32 Å². The first kappa shape index (κ1) is 13.5. The van der Waals surface area contributed by atoms with Crippen molar-refractivity contribution in [2.45, 2.75) is 45.1 Å². The molecule has 1 aliphatic heterocycles. The number of benzene rings is 1. The Morgan fingerprint density at radius 1 is 1.30 bits per heavy atom. The van der Waals surface area contributed by atoms with Crippen LogP contribution in [-0.4, -0.2) is 19.2 Å². The molecule has 0 atom stereocenters. The van der Waals surface area contributed by atoms with Gasteiger partial charge in [-0.3, -0.25) is 0 Å². The molecule has 1 heterocycles. The Bertz CT molecular complexity index is 530. The molecule has 1 aromatic rings. The summed E-state index contributed by atoms with van der Waals surface area (Å²) in [6, 6.07) is 4.31. The summed E-state index contributed by atoms with van der Waals surface area (Å²) in [6.45, 7) is 6.10. The normalized spacial score (nSPS) is 19.1. The van der Waals surface area contributed by atoms with Crippen molar-refractivity contribution in [2.75, 3.05) is 18.8 Å². The third-order valence-electron chi connectivity index (χ3n) is 3.97. The van der Waals surface area contributed by atoms with E-state index in [4.69, 9.17) is 10.5 Å². The zero-order valence-electron chi connectivity index (χ0n) is 12.4. The number of nitrogens with one attached hydrogen (secondary N) is 1. The molecule has 3 heteroatoms. The minimum atomic E-state index is 0.152. The van der Waals surface area contributed by atoms with Crippen LogP contribution in [0.2, 0.25) is 0 Å². The number of nitrogens with two attached hydrogens (primary N) is 1. The zero-order chi connectivity index (χ0) is 14.1. The molecule has 1 saturated carbocycles. The van der Waals surface area contributed by atoms with E-state index < -0.39 is 0 Å². The lowest BCUT2D eigenvalue weighted by Crippen LogP contribution is -2.20. The standard InChI is InChI=1S/C17H24N2O/c1-11(2)20-17-10-15(13-5-7-19-8-6-13)14(9-16(17)18)12-3-4-12/h5,9-12,19H,3-4,6-8,18H2,1-2H3. The highest BCUT2D eigenvalue weighted by Crippen LogP contribution is 2.46. The summed E-state index contributed by atoms with van der Waals surface area (Å²) in [7, 11) is 0. The molecule has 3 nitrogen and oxygen atoms in total. The van der Waals surface area contributed by atoms with E-state index in [0.29, 0.717) is 5.92 Å². The third-order valence-corrected chi connectivity index (χ3v) is 3.97. The molecule has 1 aromatic carbocycles. The van der Waals surface area contributed by atoms with Gasteiger partial charge in [0, 0.05) is 6.54 Å². The van der Waals surface area contributed by atoms with Gasteiger partial charge in [-0.15, -0.1) is 0 Å². The highest BCUT2D eigenvalue weighted by atomic mass is 16.5. The molecule has 3 rings (SSSR count). The maximum atomic E-state index is 6.18. The van der Waals surface area contributed by atoms with Crippen LogP contribution in [0.3, 0.4) is 0 Å². The summed E-state index contributed by atoms with van der Waals surface area (Å²) in [4.78, 5) is 0. The molecule has 1 fully saturated rings. The molecule has 0 spiro atoms. The molecule has 0 bridgehead atoms. The quantitative estimate of drug-likeness (QED) is 0.827. The fourth-order valence-electron chi connectivity index (χ4n) is 2.85. The van der Waals surface area contributed by atoms with Crippen molar-refractivity contribution >= 4 is 11.3 Å². The number of hydrogen-bond acceptors (Lipinski definition) is 3. The van der Waals surface area contributed by atoms with Crippen LogP contribution in [-0.2, 0) is 0 Å². The van der Waals surface area contributed by atoms with E-state index in [1.807, 2.05) is 13.8 Å². The van der Waals surface area contributed by atoms with Crippen molar-refractivity contribution < 1.29 is 4.74 Å². The highest BCUT2D eigenvalue weighted by molar-refractivity contribution is 5.75. The topological polar surface area (TPSA) is 47.3 Å². The van der Waals surface area contributed by atoms with Gasteiger partial charge in [-0.25, -0.2) is 0 Å². The maximum absolute atomic E-state index is 6.18. The van der Waals surface area contributed by atoms with Crippen LogP contribution in [0.25, 0.3) is 5.57 Å². The molecule has 2 aliphatic rings. The molecule has 1 aliphatic carbocycles. The Balaban J connectivity index is 2.01. The van der Waals surface area contributed by atoms with Gasteiger partial charge in [0.2, 0.25) is 0 Å². The molecule has 3 N–H and O–H groups in total. The van der Waals surface area contributed by atoms with E-state index >= 15 is 0 Å². The number of rotatable bonds is 4. The van der Waals surface area contributed by atoms with Gasteiger partial charge in [-0.1, -0.05) is 6.08 Å². The number of ether oxygens (including phenoxy) is 1. The molecule has 0 unspecified atom stereocenters. The monoisotopic (exact) mass is 272 g/mol. The van der Waals surface area contributed by atoms with Gasteiger partial charge in [-0.05, 0) is 74.4 Å². The van der Waals surface area contributed by atoms with Crippen molar-refractivity contribution in [3.05, 3.63) is 29.3 Å². The Morgan fingerprint density at radius 2 is 2.10 bits per heavy atom. The van der Waals surface area contributed by atoms with Crippen molar-refractivity contribution in [3.63, 3.8) is 0 Å². The fraction of sp³-hybridized carbons (Fsp3) is 0.529. The average molecular weight is 272 g/mol. The van der Waals surface area contributed by atoms with Gasteiger partial charge < -0.3 is 15.8 Å². The van der Waals surface area contributed by atoms with E-state index in [1.54, 1.807) is 0 Å². The van der Waals surface area contributed by atoms with Crippen LogP contribution in [0.15, 0.2) is 18.2 Å². The Hall–Kier alpha value is -1.48. The van der Waals surface area contributed by atoms with Gasteiger partial charge in [0.15, 0.2) is 0 Å². The second-order valence-electron chi connectivity index (χ2n) is 6.10. The SMILES string of the molecule is CC(C)Oc1cc(C2=CCNCC2)c(C2CC2)cc1N. The van der Waals surface area contributed by atoms with E-state index in [0.717, 1.165) is 30.9 Å². The zero-order valence-corrected chi connectivity index (χ0v) is 12.4. The summed E-state index contributed by atoms with van der Waals surface area (Å²) in [5.74, 6) is 1.54. The van der Waals surface area contributed by atoms with Gasteiger partial charge >= 0.3 is 0 Å². The third kappa shape index (κ3) is 2.83. The van der Waals surface area contributed by atoms with Crippen LogP contribution >= 0.6 is 0 Å². The summed E-state index contributed by atoms with van der Waals surface area (Å²) < 4.78 is 5.86. The minimum absolute atomic E-state index is 0.152. The number of hydrogen-bond donors (Lipinski definition) is 2. The van der Waals surface area contributed by atoms with Gasteiger partial charge in [0.25, 0.3) is 0 Å². The van der Waals surface area contributed by atoms with E-state index in [1.165, 1.54) is 29.5 Å². The van der Waals surface area contributed by atoms with Crippen LogP contribution in [0.1, 0.15) is 50.2 Å². The lowest BCUT2D eigenvalue weighted by atomic mass is 9.92. The van der Waals surface area contributed by atoms with Crippen molar-refractivity contribution in [3.8, 4) is 5.75 Å². The molecule has 0 amide bonds. The molecule has 108 valence electrons. The van der Waals surface area contributed by atoms with Crippen LogP contribution in [0.5, 0.6) is 5.75 Å². The highest BCUT2D eigenvalue weighted by Gasteiger charge is 2.28. The Labute approximate surface area is 121 Å². The molecular formula is C17H24N2O. The van der Waals surface area contributed by atoms with E-state index in [-0.39, 0.29) is 6.10 Å². The van der Waals surface area contributed by atoms with Gasteiger partial charge in [0.1, 0.15) is 5.75 Å². The predicted octanol–water partition coefficient (Wildman–Crippen LogP) is 3.31. The van der Waals surface area contributed by atoms with Gasteiger partial charge in [0.05, 0.1) is 11.8 Å².